The lowest BCUT2D eigenvalue weighted by atomic mass is 9.83. The zero-order chi connectivity index (χ0) is 11.2. The number of rotatable bonds is 7. The topological polar surface area (TPSA) is 80.3 Å². The van der Waals surface area contributed by atoms with Crippen LogP contribution in [0.2, 0.25) is 0 Å². The molecule has 0 N–H and O–H groups in total. The molecule has 4 nitrogen and oxygen atoms in total. The van der Waals surface area contributed by atoms with Crippen molar-refractivity contribution in [2.45, 2.75) is 19.3 Å². The molecule has 0 aromatic rings. The fraction of sp³-hybridized carbons (Fsp3) is 0.400. The van der Waals surface area contributed by atoms with E-state index in [1.807, 2.05) is 0 Å². The molecule has 0 bridgehead atoms. The van der Waals surface area contributed by atoms with Crippen LogP contribution in [0.3, 0.4) is 0 Å². The van der Waals surface area contributed by atoms with E-state index in [-0.39, 0.29) is 19.3 Å². The Labute approximate surface area is 82.6 Å². The Morgan fingerprint density at radius 1 is 1.21 bits per heavy atom. The molecule has 0 aromatic carbocycles. The van der Waals surface area contributed by atoms with Crippen molar-refractivity contribution in [3.8, 4) is 0 Å². The van der Waals surface area contributed by atoms with Gasteiger partial charge in [-0.15, -0.1) is 13.2 Å². The van der Waals surface area contributed by atoms with Crippen LogP contribution < -0.4 is 10.2 Å². The summed E-state index contributed by atoms with van der Waals surface area (Å²) in [4.78, 5) is 20.8. The molecule has 0 aliphatic carbocycles. The summed E-state index contributed by atoms with van der Waals surface area (Å²) in [5, 5.41) is 20.8. The maximum Gasteiger partial charge on any atom is 0.0552 e. The summed E-state index contributed by atoms with van der Waals surface area (Å²) in [5.41, 5.74) is -1.34. The Morgan fingerprint density at radius 2 is 1.71 bits per heavy atom. The average Bonchev–Trinajstić information content (AvgIpc) is 2.12. The van der Waals surface area contributed by atoms with Gasteiger partial charge in [0, 0.05) is 11.4 Å². The van der Waals surface area contributed by atoms with Gasteiger partial charge < -0.3 is 19.8 Å². The molecule has 0 atom stereocenters. The van der Waals surface area contributed by atoms with Crippen LogP contribution in [-0.2, 0) is 9.59 Å². The second kappa shape index (κ2) is 5.21. The van der Waals surface area contributed by atoms with Crippen molar-refractivity contribution in [2.24, 2.45) is 5.41 Å². The van der Waals surface area contributed by atoms with Gasteiger partial charge in [0.2, 0.25) is 0 Å². The molecule has 0 aromatic heterocycles. The molecule has 0 saturated heterocycles. The number of carboxylic acids is 2. The lowest BCUT2D eigenvalue weighted by molar-refractivity contribution is -0.315. The number of hydrogen-bond donors (Lipinski definition) is 0. The predicted octanol–water partition coefficient (Wildman–Crippen LogP) is -0.985. The first kappa shape index (κ1) is 12.4. The number of hydrogen-bond acceptors (Lipinski definition) is 4. The summed E-state index contributed by atoms with van der Waals surface area (Å²) in [6.45, 7) is 6.74. The largest absolute Gasteiger partial charge is 0.550 e. The Kier molecular flexibility index (Phi) is 4.63. The van der Waals surface area contributed by atoms with E-state index in [1.54, 1.807) is 0 Å². The Hall–Kier alpha value is -1.58. The summed E-state index contributed by atoms with van der Waals surface area (Å²) in [5.74, 6) is -2.52. The molecule has 0 heterocycles. The van der Waals surface area contributed by atoms with Crippen molar-refractivity contribution in [3.63, 3.8) is 0 Å². The molecule has 0 radical (unpaired) electrons. The molecule has 0 unspecified atom stereocenters. The normalized spacial score (nSPS) is 10.6. The fourth-order valence-corrected chi connectivity index (χ4v) is 1.08. The molecule has 0 rings (SSSR count). The second-order valence-electron chi connectivity index (χ2n) is 2.96. The molecule has 4 heteroatoms. The SMILES string of the molecule is C=CC(C=C)(CCCC(=O)[O-])C(=O)[O-]. The quantitative estimate of drug-likeness (QED) is 0.490. The Balaban J connectivity index is 4.37. The van der Waals surface area contributed by atoms with Crippen LogP contribution in [-0.4, -0.2) is 11.9 Å². The van der Waals surface area contributed by atoms with Gasteiger partial charge >= 0.3 is 0 Å². The Morgan fingerprint density at radius 3 is 2.00 bits per heavy atom. The molecule has 0 aliphatic heterocycles. The van der Waals surface area contributed by atoms with Gasteiger partial charge in [0.05, 0.1) is 5.97 Å². The highest BCUT2D eigenvalue weighted by molar-refractivity contribution is 5.77. The van der Waals surface area contributed by atoms with E-state index in [2.05, 4.69) is 13.2 Å². The molecule has 78 valence electrons. The molecule has 0 spiro atoms. The maximum absolute atomic E-state index is 10.7. The van der Waals surface area contributed by atoms with Crippen LogP contribution in [0.25, 0.3) is 0 Å². The van der Waals surface area contributed by atoms with E-state index in [4.69, 9.17) is 0 Å². The summed E-state index contributed by atoms with van der Waals surface area (Å²) >= 11 is 0. The molecule has 0 saturated carbocycles. The average molecular weight is 196 g/mol. The zero-order valence-electron chi connectivity index (χ0n) is 7.82. The first-order valence-corrected chi connectivity index (χ1v) is 4.17. The van der Waals surface area contributed by atoms with Crippen molar-refractivity contribution in [1.82, 2.24) is 0 Å². The molecule has 0 fully saturated rings. The predicted molar refractivity (Wildman–Crippen MR) is 46.7 cm³/mol. The number of carboxylic acid groups (broad SMARTS) is 2. The monoisotopic (exact) mass is 196 g/mol. The highest BCUT2D eigenvalue weighted by Crippen LogP contribution is 2.26. The van der Waals surface area contributed by atoms with Crippen molar-refractivity contribution in [3.05, 3.63) is 25.3 Å². The van der Waals surface area contributed by atoms with Gasteiger partial charge in [0.1, 0.15) is 0 Å². The molecule has 14 heavy (non-hydrogen) atoms. The van der Waals surface area contributed by atoms with Gasteiger partial charge in [-0.3, -0.25) is 0 Å². The van der Waals surface area contributed by atoms with Crippen molar-refractivity contribution < 1.29 is 19.8 Å². The van der Waals surface area contributed by atoms with Crippen LogP contribution in [0.5, 0.6) is 0 Å². The van der Waals surface area contributed by atoms with Crippen LogP contribution in [0, 0.1) is 5.41 Å². The highest BCUT2D eigenvalue weighted by Gasteiger charge is 2.23. The van der Waals surface area contributed by atoms with E-state index in [0.717, 1.165) is 0 Å². The van der Waals surface area contributed by atoms with Gasteiger partial charge in [0.25, 0.3) is 0 Å². The van der Waals surface area contributed by atoms with E-state index in [9.17, 15) is 19.8 Å². The van der Waals surface area contributed by atoms with Crippen LogP contribution in [0.15, 0.2) is 25.3 Å². The fourth-order valence-electron chi connectivity index (χ4n) is 1.08. The van der Waals surface area contributed by atoms with Gasteiger partial charge in [0.15, 0.2) is 0 Å². The third-order valence-corrected chi connectivity index (χ3v) is 2.08. The molecular formula is C10H12O4-2. The highest BCUT2D eigenvalue weighted by atomic mass is 16.4. The summed E-state index contributed by atoms with van der Waals surface area (Å²) in [7, 11) is 0. The van der Waals surface area contributed by atoms with E-state index < -0.39 is 17.4 Å². The number of aliphatic carboxylic acids is 2. The van der Waals surface area contributed by atoms with Gasteiger partial charge in [-0.25, -0.2) is 0 Å². The standard InChI is InChI=1S/C10H14O4/c1-3-10(4-2,9(13)14)7-5-6-8(11)12/h3-4H,1-2,5-7H2,(H,11,12)(H,13,14)/p-2. The number of carbonyl (C=O) groups excluding carboxylic acids is 2. The smallest absolute Gasteiger partial charge is 0.0552 e. The lowest BCUT2D eigenvalue weighted by Gasteiger charge is -2.27. The van der Waals surface area contributed by atoms with Crippen molar-refractivity contribution >= 4 is 11.9 Å². The molecule has 0 amide bonds. The molecule has 0 aliphatic rings. The third-order valence-electron chi connectivity index (χ3n) is 2.08. The Bertz CT molecular complexity index is 247. The minimum atomic E-state index is -1.34. The third kappa shape index (κ3) is 3.05. The second-order valence-corrected chi connectivity index (χ2v) is 2.96. The summed E-state index contributed by atoms with van der Waals surface area (Å²) in [6, 6.07) is 0. The van der Waals surface area contributed by atoms with Crippen LogP contribution >= 0.6 is 0 Å². The molecular weight excluding hydrogens is 184 g/mol. The van der Waals surface area contributed by atoms with Crippen molar-refractivity contribution in [1.29, 1.82) is 0 Å². The van der Waals surface area contributed by atoms with Crippen molar-refractivity contribution in [2.75, 3.05) is 0 Å². The zero-order valence-corrected chi connectivity index (χ0v) is 7.82. The summed E-state index contributed by atoms with van der Waals surface area (Å²) < 4.78 is 0. The van der Waals surface area contributed by atoms with Gasteiger partial charge in [-0.1, -0.05) is 12.2 Å². The summed E-state index contributed by atoms with van der Waals surface area (Å²) in [6.07, 6.45) is 2.51. The van der Waals surface area contributed by atoms with E-state index >= 15 is 0 Å². The van der Waals surface area contributed by atoms with Gasteiger partial charge in [-0.05, 0) is 19.3 Å². The van der Waals surface area contributed by atoms with Crippen LogP contribution in [0.4, 0.5) is 0 Å². The van der Waals surface area contributed by atoms with Crippen LogP contribution in [0.1, 0.15) is 19.3 Å². The minimum Gasteiger partial charge on any atom is -0.550 e. The number of carbonyl (C=O) groups is 2. The van der Waals surface area contributed by atoms with E-state index in [0.29, 0.717) is 0 Å². The maximum atomic E-state index is 10.7. The first-order chi connectivity index (χ1) is 6.48. The van der Waals surface area contributed by atoms with Gasteiger partial charge in [-0.2, -0.15) is 0 Å². The minimum absolute atomic E-state index is 0.107. The first-order valence-electron chi connectivity index (χ1n) is 4.17. The lowest BCUT2D eigenvalue weighted by Crippen LogP contribution is -2.39. The van der Waals surface area contributed by atoms with E-state index in [1.165, 1.54) is 12.2 Å².